The largest absolute Gasteiger partial charge is 0.352 e. The Balaban J connectivity index is 1.74. The van der Waals surface area contributed by atoms with Gasteiger partial charge in [-0.2, -0.15) is 0 Å². The summed E-state index contributed by atoms with van der Waals surface area (Å²) in [4.78, 5) is 28.4. The zero-order valence-corrected chi connectivity index (χ0v) is 13.9. The van der Waals surface area contributed by atoms with Gasteiger partial charge in [0.2, 0.25) is 0 Å². The lowest BCUT2D eigenvalue weighted by Gasteiger charge is -2.23. The van der Waals surface area contributed by atoms with Gasteiger partial charge in [-0.25, -0.2) is 19.3 Å². The summed E-state index contributed by atoms with van der Waals surface area (Å²) in [6, 6.07) is 0. The van der Waals surface area contributed by atoms with Crippen LogP contribution < -0.4 is 4.90 Å². The summed E-state index contributed by atoms with van der Waals surface area (Å²) in [5.74, 6) is -0.0719. The predicted molar refractivity (Wildman–Crippen MR) is 87.3 cm³/mol. The van der Waals surface area contributed by atoms with Crippen molar-refractivity contribution in [1.82, 2.24) is 24.4 Å². The van der Waals surface area contributed by atoms with Gasteiger partial charge in [-0.05, 0) is 12.8 Å². The zero-order chi connectivity index (χ0) is 17.1. The van der Waals surface area contributed by atoms with Crippen LogP contribution in [0.5, 0.6) is 0 Å². The second kappa shape index (κ2) is 6.94. The normalized spacial score (nSPS) is 15.5. The van der Waals surface area contributed by atoms with Crippen molar-refractivity contribution in [3.05, 3.63) is 36.1 Å². The Bertz CT molecular complexity index is 731. The van der Waals surface area contributed by atoms with Crippen molar-refractivity contribution in [3.63, 3.8) is 0 Å². The Hall–Kier alpha value is -2.51. The van der Waals surface area contributed by atoms with Gasteiger partial charge in [-0.3, -0.25) is 4.79 Å². The SMILES string of the molecule is CCc1ncnc(N2CCCN(C(=O)c3cncn3C)CC2)c1F. The van der Waals surface area contributed by atoms with E-state index in [4.69, 9.17) is 0 Å². The lowest BCUT2D eigenvalue weighted by molar-refractivity contribution is 0.0757. The summed E-state index contributed by atoms with van der Waals surface area (Å²) in [5, 5.41) is 0. The Morgan fingerprint density at radius 1 is 1.25 bits per heavy atom. The van der Waals surface area contributed by atoms with E-state index < -0.39 is 0 Å². The van der Waals surface area contributed by atoms with Gasteiger partial charge in [-0.15, -0.1) is 0 Å². The van der Waals surface area contributed by atoms with E-state index in [1.54, 1.807) is 29.0 Å². The fourth-order valence-electron chi connectivity index (χ4n) is 2.92. The Morgan fingerprint density at radius 2 is 2.08 bits per heavy atom. The number of imidazole rings is 1. The molecular weight excluding hydrogens is 311 g/mol. The highest BCUT2D eigenvalue weighted by atomic mass is 19.1. The van der Waals surface area contributed by atoms with Crippen molar-refractivity contribution in [3.8, 4) is 0 Å². The number of carbonyl (C=O) groups excluding carboxylic acids is 1. The number of rotatable bonds is 3. The van der Waals surface area contributed by atoms with Gasteiger partial charge in [0, 0.05) is 33.2 Å². The molecule has 128 valence electrons. The average molecular weight is 332 g/mol. The number of hydrogen-bond donors (Lipinski definition) is 0. The van der Waals surface area contributed by atoms with E-state index in [-0.39, 0.29) is 11.7 Å². The van der Waals surface area contributed by atoms with Crippen molar-refractivity contribution < 1.29 is 9.18 Å². The van der Waals surface area contributed by atoms with Crippen LogP contribution in [0, 0.1) is 5.82 Å². The number of hydrogen-bond acceptors (Lipinski definition) is 5. The molecule has 0 N–H and O–H groups in total. The fourth-order valence-corrected chi connectivity index (χ4v) is 2.92. The highest BCUT2D eigenvalue weighted by Crippen LogP contribution is 2.20. The van der Waals surface area contributed by atoms with Gasteiger partial charge >= 0.3 is 0 Å². The molecule has 2 aromatic rings. The van der Waals surface area contributed by atoms with E-state index in [1.807, 2.05) is 11.8 Å². The summed E-state index contributed by atoms with van der Waals surface area (Å²) in [6.07, 6.45) is 5.87. The minimum Gasteiger partial charge on any atom is -0.352 e. The first-order valence-electron chi connectivity index (χ1n) is 8.11. The van der Waals surface area contributed by atoms with Gasteiger partial charge < -0.3 is 14.4 Å². The maximum absolute atomic E-state index is 14.5. The summed E-state index contributed by atoms with van der Waals surface area (Å²) >= 11 is 0. The van der Waals surface area contributed by atoms with Crippen molar-refractivity contribution in [2.45, 2.75) is 19.8 Å². The average Bonchev–Trinajstić information content (AvgIpc) is 2.87. The molecule has 3 rings (SSSR count). The molecule has 8 heteroatoms. The van der Waals surface area contributed by atoms with E-state index in [2.05, 4.69) is 15.0 Å². The Morgan fingerprint density at radius 3 is 2.79 bits per heavy atom. The number of aryl methyl sites for hydroxylation is 2. The van der Waals surface area contributed by atoms with Gasteiger partial charge in [0.05, 0.1) is 18.2 Å². The molecular formula is C16H21FN6O. The van der Waals surface area contributed by atoms with E-state index >= 15 is 0 Å². The molecule has 2 aromatic heterocycles. The molecule has 1 aliphatic heterocycles. The van der Waals surface area contributed by atoms with Crippen molar-refractivity contribution in [2.24, 2.45) is 7.05 Å². The van der Waals surface area contributed by atoms with Crippen LogP contribution in [0.3, 0.4) is 0 Å². The van der Waals surface area contributed by atoms with Gasteiger partial charge in [0.1, 0.15) is 12.0 Å². The molecule has 3 heterocycles. The summed E-state index contributed by atoms with van der Waals surface area (Å²) < 4.78 is 16.2. The monoisotopic (exact) mass is 332 g/mol. The highest BCUT2D eigenvalue weighted by molar-refractivity contribution is 5.92. The van der Waals surface area contributed by atoms with Gasteiger partial charge in [0.15, 0.2) is 11.6 Å². The van der Waals surface area contributed by atoms with Crippen molar-refractivity contribution >= 4 is 11.7 Å². The van der Waals surface area contributed by atoms with E-state index in [9.17, 15) is 9.18 Å². The quantitative estimate of drug-likeness (QED) is 0.847. The third-order valence-corrected chi connectivity index (χ3v) is 4.30. The summed E-state index contributed by atoms with van der Waals surface area (Å²) in [7, 11) is 1.80. The molecule has 0 aromatic carbocycles. The lowest BCUT2D eigenvalue weighted by atomic mass is 10.3. The summed E-state index contributed by atoms with van der Waals surface area (Å²) in [6.45, 7) is 4.22. The van der Waals surface area contributed by atoms with Crippen LogP contribution in [-0.2, 0) is 13.5 Å². The first-order chi connectivity index (χ1) is 11.6. The third-order valence-electron chi connectivity index (χ3n) is 4.30. The molecule has 0 radical (unpaired) electrons. The van der Waals surface area contributed by atoms with Gasteiger partial charge in [0.25, 0.3) is 5.91 Å². The van der Waals surface area contributed by atoms with Crippen LogP contribution in [0.1, 0.15) is 29.5 Å². The standard InChI is InChI=1S/C16H21FN6O/c1-3-12-14(17)15(20-10-19-12)22-5-4-6-23(8-7-22)16(24)13-9-18-11-21(13)2/h9-11H,3-8H2,1-2H3. The number of amides is 1. The van der Waals surface area contributed by atoms with Crippen LogP contribution in [0.2, 0.25) is 0 Å². The molecule has 1 amide bonds. The van der Waals surface area contributed by atoms with Crippen LogP contribution in [0.25, 0.3) is 0 Å². The molecule has 0 spiro atoms. The lowest BCUT2D eigenvalue weighted by Crippen LogP contribution is -2.36. The maximum Gasteiger partial charge on any atom is 0.272 e. The van der Waals surface area contributed by atoms with Crippen molar-refractivity contribution in [1.29, 1.82) is 0 Å². The topological polar surface area (TPSA) is 67.2 Å². The predicted octanol–water partition coefficient (Wildman–Crippen LogP) is 1.26. The fraction of sp³-hybridized carbons (Fsp3) is 0.500. The molecule has 0 saturated carbocycles. The molecule has 1 fully saturated rings. The molecule has 24 heavy (non-hydrogen) atoms. The molecule has 0 atom stereocenters. The van der Waals surface area contributed by atoms with Crippen LogP contribution in [-0.4, -0.2) is 56.5 Å². The number of anilines is 1. The summed E-state index contributed by atoms with van der Waals surface area (Å²) in [5.41, 5.74) is 0.983. The van der Waals surface area contributed by atoms with E-state index in [1.165, 1.54) is 6.33 Å². The Kier molecular flexibility index (Phi) is 4.73. The smallest absolute Gasteiger partial charge is 0.272 e. The highest BCUT2D eigenvalue weighted by Gasteiger charge is 2.24. The van der Waals surface area contributed by atoms with Crippen LogP contribution >= 0.6 is 0 Å². The number of aromatic nitrogens is 4. The van der Waals surface area contributed by atoms with E-state index in [0.29, 0.717) is 49.8 Å². The molecule has 1 aliphatic rings. The maximum atomic E-state index is 14.5. The third kappa shape index (κ3) is 3.08. The second-order valence-electron chi connectivity index (χ2n) is 5.83. The zero-order valence-electron chi connectivity index (χ0n) is 13.9. The molecule has 0 aliphatic carbocycles. The second-order valence-corrected chi connectivity index (χ2v) is 5.83. The number of nitrogens with zero attached hydrogens (tertiary/aromatic N) is 6. The van der Waals surface area contributed by atoms with Crippen LogP contribution in [0.15, 0.2) is 18.9 Å². The molecule has 1 saturated heterocycles. The number of carbonyl (C=O) groups is 1. The van der Waals surface area contributed by atoms with Crippen LogP contribution in [0.4, 0.5) is 10.2 Å². The first kappa shape index (κ1) is 16.4. The first-order valence-corrected chi connectivity index (χ1v) is 8.11. The van der Waals surface area contributed by atoms with E-state index in [0.717, 1.165) is 6.42 Å². The van der Waals surface area contributed by atoms with Gasteiger partial charge in [-0.1, -0.05) is 6.92 Å². The van der Waals surface area contributed by atoms with Crippen molar-refractivity contribution in [2.75, 3.05) is 31.1 Å². The Labute approximate surface area is 140 Å². The number of halogens is 1. The minimum atomic E-state index is -0.355. The molecule has 0 bridgehead atoms. The minimum absolute atomic E-state index is 0.0470. The molecule has 7 nitrogen and oxygen atoms in total. The molecule has 0 unspecified atom stereocenters.